The van der Waals surface area contributed by atoms with Gasteiger partial charge in [-0.1, -0.05) is 22.0 Å². The van der Waals surface area contributed by atoms with E-state index in [1.54, 1.807) is 6.92 Å². The number of carbonyl (C=O) groups is 2. The first kappa shape index (κ1) is 24.6. The standard InChI is InChI=1S/C26H29BrN4O5/c1-2-34-26(33)25-24(19-14-18(27)4-5-20(19)28-25)29-23(32)7-8-30-9-11-31(12-10-30)15-17-3-6-21-22(13-17)36-16-35-21/h3-6,13-14,28H,2,7-12,15-16H2,1H3,(H,29,32). The predicted octanol–water partition coefficient (Wildman–Crippen LogP) is 3.98. The van der Waals surface area contributed by atoms with Crippen molar-refractivity contribution in [2.75, 3.05) is 51.4 Å². The molecule has 2 aromatic carbocycles. The Morgan fingerprint density at radius 2 is 1.83 bits per heavy atom. The number of H-pyrrole nitrogens is 1. The number of esters is 1. The number of hydrogen-bond acceptors (Lipinski definition) is 7. The minimum absolute atomic E-state index is 0.135. The summed E-state index contributed by atoms with van der Waals surface area (Å²) in [4.78, 5) is 33.1. The van der Waals surface area contributed by atoms with Crippen molar-refractivity contribution in [3.63, 3.8) is 0 Å². The fourth-order valence-corrected chi connectivity index (χ4v) is 4.94. The van der Waals surface area contributed by atoms with E-state index in [0.29, 0.717) is 18.7 Å². The maximum Gasteiger partial charge on any atom is 0.356 e. The van der Waals surface area contributed by atoms with Gasteiger partial charge in [-0.25, -0.2) is 4.79 Å². The van der Waals surface area contributed by atoms with E-state index in [-0.39, 0.29) is 25.0 Å². The fraction of sp³-hybridized carbons (Fsp3) is 0.385. The molecule has 1 fully saturated rings. The van der Waals surface area contributed by atoms with E-state index in [2.05, 4.69) is 42.1 Å². The van der Waals surface area contributed by atoms with Gasteiger partial charge in [0.05, 0.1) is 12.3 Å². The number of amides is 1. The lowest BCUT2D eigenvalue weighted by Gasteiger charge is -2.34. The Morgan fingerprint density at radius 3 is 2.64 bits per heavy atom. The molecule has 36 heavy (non-hydrogen) atoms. The number of piperazine rings is 1. The number of ether oxygens (including phenoxy) is 3. The third-order valence-electron chi connectivity index (χ3n) is 6.47. The van der Waals surface area contributed by atoms with Gasteiger partial charge in [0.25, 0.3) is 0 Å². The Morgan fingerprint density at radius 1 is 1.06 bits per heavy atom. The average molecular weight is 557 g/mol. The molecule has 0 spiro atoms. The first-order chi connectivity index (χ1) is 17.5. The highest BCUT2D eigenvalue weighted by Gasteiger charge is 2.23. The minimum atomic E-state index is -0.487. The number of anilines is 1. The number of halogens is 1. The number of benzene rings is 2. The van der Waals surface area contributed by atoms with Crippen LogP contribution in [0.3, 0.4) is 0 Å². The number of carbonyl (C=O) groups excluding carboxylic acids is 2. The number of aromatic nitrogens is 1. The molecule has 3 heterocycles. The number of aromatic amines is 1. The molecule has 0 aliphatic carbocycles. The van der Waals surface area contributed by atoms with E-state index in [0.717, 1.165) is 59.6 Å². The maximum atomic E-state index is 12.9. The molecular weight excluding hydrogens is 528 g/mol. The molecule has 2 N–H and O–H groups in total. The van der Waals surface area contributed by atoms with Crippen molar-refractivity contribution < 1.29 is 23.8 Å². The van der Waals surface area contributed by atoms with Crippen molar-refractivity contribution in [3.8, 4) is 11.5 Å². The molecule has 0 saturated carbocycles. The van der Waals surface area contributed by atoms with Crippen molar-refractivity contribution in [2.45, 2.75) is 19.9 Å². The van der Waals surface area contributed by atoms with Gasteiger partial charge in [-0.2, -0.15) is 0 Å². The molecule has 1 amide bonds. The van der Waals surface area contributed by atoms with E-state index >= 15 is 0 Å². The van der Waals surface area contributed by atoms with Gasteiger partial charge in [0.15, 0.2) is 11.5 Å². The van der Waals surface area contributed by atoms with Crippen molar-refractivity contribution in [1.82, 2.24) is 14.8 Å². The first-order valence-corrected chi connectivity index (χ1v) is 12.9. The normalized spacial score (nSPS) is 15.8. The van der Waals surface area contributed by atoms with Crippen LogP contribution in [0.25, 0.3) is 10.9 Å². The highest BCUT2D eigenvalue weighted by atomic mass is 79.9. The number of fused-ring (bicyclic) bond motifs is 2. The van der Waals surface area contributed by atoms with E-state index < -0.39 is 5.97 Å². The summed E-state index contributed by atoms with van der Waals surface area (Å²) in [7, 11) is 0. The van der Waals surface area contributed by atoms with E-state index in [1.165, 1.54) is 5.56 Å². The number of nitrogens with zero attached hydrogens (tertiary/aromatic N) is 2. The quantitative estimate of drug-likeness (QED) is 0.405. The van der Waals surface area contributed by atoms with E-state index in [4.69, 9.17) is 14.2 Å². The van der Waals surface area contributed by atoms with E-state index in [1.807, 2.05) is 30.3 Å². The monoisotopic (exact) mass is 556 g/mol. The Hall–Kier alpha value is -3.08. The second kappa shape index (κ2) is 10.9. The summed E-state index contributed by atoms with van der Waals surface area (Å²) >= 11 is 3.47. The smallest absolute Gasteiger partial charge is 0.356 e. The van der Waals surface area contributed by atoms with Crippen LogP contribution < -0.4 is 14.8 Å². The molecule has 3 aromatic rings. The van der Waals surface area contributed by atoms with Crippen molar-refractivity contribution in [1.29, 1.82) is 0 Å². The zero-order valence-electron chi connectivity index (χ0n) is 20.1. The zero-order valence-corrected chi connectivity index (χ0v) is 21.7. The average Bonchev–Trinajstić information content (AvgIpc) is 3.48. The molecule has 0 bridgehead atoms. The Bertz CT molecular complexity index is 1270. The van der Waals surface area contributed by atoms with Crippen molar-refractivity contribution in [2.24, 2.45) is 0 Å². The van der Waals surface area contributed by atoms with Gasteiger partial charge >= 0.3 is 5.97 Å². The summed E-state index contributed by atoms with van der Waals surface area (Å²) in [6.07, 6.45) is 0.338. The molecule has 9 nitrogen and oxygen atoms in total. The molecule has 2 aliphatic rings. The molecule has 2 aliphatic heterocycles. The maximum absolute atomic E-state index is 12.9. The second-order valence-electron chi connectivity index (χ2n) is 8.89. The molecule has 0 radical (unpaired) electrons. The van der Waals surface area contributed by atoms with Gasteiger partial charge in [0.1, 0.15) is 5.69 Å². The minimum Gasteiger partial charge on any atom is -0.461 e. The summed E-state index contributed by atoms with van der Waals surface area (Å²) in [5.74, 6) is 0.991. The molecule has 10 heteroatoms. The van der Waals surface area contributed by atoms with Crippen LogP contribution in [0.5, 0.6) is 11.5 Å². The fourth-order valence-electron chi connectivity index (χ4n) is 4.58. The molecule has 1 aromatic heterocycles. The van der Waals surface area contributed by atoms with Gasteiger partial charge in [-0.3, -0.25) is 9.69 Å². The molecule has 190 valence electrons. The topological polar surface area (TPSA) is 96.1 Å². The molecule has 0 unspecified atom stereocenters. The Labute approximate surface area is 217 Å². The van der Waals surface area contributed by atoms with Gasteiger partial charge in [-0.15, -0.1) is 0 Å². The summed E-state index contributed by atoms with van der Waals surface area (Å²) in [6, 6.07) is 11.7. The Balaban J connectivity index is 1.14. The van der Waals surface area contributed by atoms with Crippen LogP contribution >= 0.6 is 15.9 Å². The van der Waals surface area contributed by atoms with Gasteiger partial charge in [0.2, 0.25) is 12.7 Å². The lowest BCUT2D eigenvalue weighted by Crippen LogP contribution is -2.46. The summed E-state index contributed by atoms with van der Waals surface area (Å²) in [6.45, 7) is 7.46. The molecule has 0 atom stereocenters. The van der Waals surface area contributed by atoms with Crippen LogP contribution in [-0.2, 0) is 16.1 Å². The Kier molecular flexibility index (Phi) is 7.45. The van der Waals surface area contributed by atoms with Gasteiger partial charge < -0.3 is 29.4 Å². The van der Waals surface area contributed by atoms with Crippen LogP contribution in [0.15, 0.2) is 40.9 Å². The molecular formula is C26H29BrN4O5. The zero-order chi connectivity index (χ0) is 25.1. The van der Waals surface area contributed by atoms with Crippen molar-refractivity contribution >= 4 is 44.4 Å². The van der Waals surface area contributed by atoms with Crippen LogP contribution in [0, 0.1) is 0 Å². The number of hydrogen-bond donors (Lipinski definition) is 2. The van der Waals surface area contributed by atoms with Crippen LogP contribution in [0.4, 0.5) is 5.69 Å². The van der Waals surface area contributed by atoms with Gasteiger partial charge in [-0.05, 0) is 42.8 Å². The SMILES string of the molecule is CCOC(=O)c1[nH]c2ccc(Br)cc2c1NC(=O)CCN1CCN(Cc2ccc3c(c2)OCO3)CC1. The highest BCUT2D eigenvalue weighted by Crippen LogP contribution is 2.33. The molecule has 5 rings (SSSR count). The molecule has 1 saturated heterocycles. The summed E-state index contributed by atoms with van der Waals surface area (Å²) in [5.41, 5.74) is 2.68. The highest BCUT2D eigenvalue weighted by molar-refractivity contribution is 9.10. The number of rotatable bonds is 8. The van der Waals surface area contributed by atoms with Crippen molar-refractivity contribution in [3.05, 3.63) is 52.1 Å². The van der Waals surface area contributed by atoms with Crippen LogP contribution in [0.1, 0.15) is 29.4 Å². The largest absolute Gasteiger partial charge is 0.461 e. The van der Waals surface area contributed by atoms with Gasteiger partial charge in [0, 0.05) is 61.1 Å². The lowest BCUT2D eigenvalue weighted by atomic mass is 10.1. The summed E-state index contributed by atoms with van der Waals surface area (Å²) < 4.78 is 16.9. The van der Waals surface area contributed by atoms with Crippen LogP contribution in [0.2, 0.25) is 0 Å². The predicted molar refractivity (Wildman–Crippen MR) is 139 cm³/mol. The second-order valence-corrected chi connectivity index (χ2v) is 9.80. The summed E-state index contributed by atoms with van der Waals surface area (Å²) in [5, 5.41) is 3.71. The van der Waals surface area contributed by atoms with E-state index in [9.17, 15) is 9.59 Å². The van der Waals surface area contributed by atoms with Crippen LogP contribution in [-0.4, -0.2) is 72.8 Å². The lowest BCUT2D eigenvalue weighted by molar-refractivity contribution is -0.116. The number of nitrogens with one attached hydrogen (secondary N) is 2. The first-order valence-electron chi connectivity index (χ1n) is 12.1. The third kappa shape index (κ3) is 5.50. The third-order valence-corrected chi connectivity index (χ3v) is 6.96.